The molecule has 2 aromatic rings. The molecule has 1 aliphatic heterocycles. The third kappa shape index (κ3) is 2.70. The molecule has 4 rings (SSSR count). The molecule has 2 aromatic carbocycles. The summed E-state index contributed by atoms with van der Waals surface area (Å²) in [7, 11) is 0. The molecule has 23 heavy (non-hydrogen) atoms. The number of halogens is 1. The minimum absolute atomic E-state index is 0.0601. The minimum atomic E-state index is 0.0601. The summed E-state index contributed by atoms with van der Waals surface area (Å²) in [6.07, 6.45) is 3.12. The van der Waals surface area contributed by atoms with E-state index >= 15 is 0 Å². The second-order valence-electron chi connectivity index (χ2n) is 6.36. The van der Waals surface area contributed by atoms with Crippen molar-refractivity contribution in [3.05, 3.63) is 59.1 Å². The first-order valence-electron chi connectivity index (χ1n) is 8.14. The van der Waals surface area contributed by atoms with Crippen LogP contribution >= 0.6 is 11.6 Å². The number of rotatable bonds is 2. The highest BCUT2D eigenvalue weighted by Crippen LogP contribution is 2.40. The van der Waals surface area contributed by atoms with Crippen LogP contribution in [0.4, 0.5) is 11.4 Å². The minimum Gasteiger partial charge on any atom is -0.380 e. The van der Waals surface area contributed by atoms with E-state index in [9.17, 15) is 4.79 Å². The van der Waals surface area contributed by atoms with E-state index in [4.69, 9.17) is 11.6 Å². The van der Waals surface area contributed by atoms with Gasteiger partial charge in [0.1, 0.15) is 0 Å². The maximum Gasteiger partial charge on any atom is 0.232 e. The van der Waals surface area contributed by atoms with E-state index in [0.717, 1.165) is 36.2 Å². The maximum atomic E-state index is 13.1. The summed E-state index contributed by atoms with van der Waals surface area (Å²) in [5.74, 6) is 0.273. The maximum absolute atomic E-state index is 13.1. The van der Waals surface area contributed by atoms with Crippen LogP contribution in [0.15, 0.2) is 48.5 Å². The fourth-order valence-corrected chi connectivity index (χ4v) is 3.89. The van der Waals surface area contributed by atoms with E-state index in [1.807, 2.05) is 41.3 Å². The van der Waals surface area contributed by atoms with Crippen LogP contribution in [0, 0.1) is 5.92 Å². The Morgan fingerprint density at radius 3 is 2.78 bits per heavy atom. The van der Waals surface area contributed by atoms with E-state index in [0.29, 0.717) is 11.6 Å². The topological polar surface area (TPSA) is 32.3 Å². The first-order chi connectivity index (χ1) is 11.2. The highest BCUT2D eigenvalue weighted by molar-refractivity contribution is 6.31. The van der Waals surface area contributed by atoms with E-state index in [2.05, 4.69) is 17.4 Å². The molecule has 0 aromatic heterocycles. The van der Waals surface area contributed by atoms with Crippen molar-refractivity contribution in [2.75, 3.05) is 10.2 Å². The summed E-state index contributed by atoms with van der Waals surface area (Å²) in [6, 6.07) is 16.1. The van der Waals surface area contributed by atoms with Crippen LogP contribution in [0.2, 0.25) is 5.02 Å². The zero-order valence-electron chi connectivity index (χ0n) is 12.8. The highest BCUT2D eigenvalue weighted by Gasteiger charge is 2.39. The number of carbonyl (C=O) groups is 1. The van der Waals surface area contributed by atoms with E-state index in [1.165, 1.54) is 0 Å². The Kier molecular flexibility index (Phi) is 3.74. The lowest BCUT2D eigenvalue weighted by Crippen LogP contribution is -2.38. The number of anilines is 2. The predicted octanol–water partition coefficient (Wildman–Crippen LogP) is 4.47. The van der Waals surface area contributed by atoms with Crippen molar-refractivity contribution in [1.82, 2.24) is 0 Å². The molecule has 1 N–H and O–H groups in total. The fourth-order valence-electron chi connectivity index (χ4n) is 3.73. The molecule has 0 bridgehead atoms. The monoisotopic (exact) mass is 326 g/mol. The summed E-state index contributed by atoms with van der Waals surface area (Å²) in [5, 5.41) is 4.23. The molecular formula is C19H19ClN2O. The van der Waals surface area contributed by atoms with Crippen LogP contribution in [0.1, 0.15) is 24.8 Å². The molecule has 1 fully saturated rings. The summed E-state index contributed by atoms with van der Waals surface area (Å²) >= 11 is 6.20. The Bertz CT molecular complexity index is 731. The number of benzene rings is 2. The van der Waals surface area contributed by atoms with Crippen LogP contribution < -0.4 is 10.2 Å². The van der Waals surface area contributed by atoms with Gasteiger partial charge in [-0.05, 0) is 36.6 Å². The number of carbonyl (C=O) groups excluding carboxylic acids is 1. The Balaban J connectivity index is 1.77. The molecule has 2 atom stereocenters. The Labute approximate surface area is 141 Å². The average Bonchev–Trinajstić information content (AvgIpc) is 2.99. The lowest BCUT2D eigenvalue weighted by Gasteiger charge is -2.25. The van der Waals surface area contributed by atoms with Gasteiger partial charge >= 0.3 is 0 Å². The Morgan fingerprint density at radius 1 is 1.13 bits per heavy atom. The lowest BCUT2D eigenvalue weighted by molar-refractivity contribution is -0.122. The molecule has 0 spiro atoms. The zero-order chi connectivity index (χ0) is 15.8. The van der Waals surface area contributed by atoms with Crippen LogP contribution in [-0.2, 0) is 11.3 Å². The van der Waals surface area contributed by atoms with E-state index in [1.54, 1.807) is 0 Å². The average molecular weight is 327 g/mol. The molecule has 0 saturated heterocycles. The van der Waals surface area contributed by atoms with Gasteiger partial charge in [-0.1, -0.05) is 48.4 Å². The molecule has 0 unspecified atom stereocenters. The van der Waals surface area contributed by atoms with Crippen molar-refractivity contribution in [3.63, 3.8) is 0 Å². The quantitative estimate of drug-likeness (QED) is 0.883. The normalized spacial score (nSPS) is 23.0. The van der Waals surface area contributed by atoms with Crippen LogP contribution in [-0.4, -0.2) is 11.9 Å². The van der Waals surface area contributed by atoms with Gasteiger partial charge < -0.3 is 10.2 Å². The number of nitrogens with one attached hydrogen (secondary N) is 1. The number of hydrogen-bond acceptors (Lipinski definition) is 2. The lowest BCUT2D eigenvalue weighted by atomic mass is 10.0. The molecule has 1 saturated carbocycles. The van der Waals surface area contributed by atoms with Gasteiger partial charge in [0, 0.05) is 11.1 Å². The van der Waals surface area contributed by atoms with Crippen molar-refractivity contribution in [3.8, 4) is 0 Å². The molecule has 0 radical (unpaired) electrons. The van der Waals surface area contributed by atoms with Gasteiger partial charge in [-0.15, -0.1) is 0 Å². The molecule has 2 aliphatic rings. The van der Waals surface area contributed by atoms with Gasteiger partial charge in [0.2, 0.25) is 5.91 Å². The van der Waals surface area contributed by atoms with Gasteiger partial charge in [-0.2, -0.15) is 0 Å². The third-order valence-corrected chi connectivity index (χ3v) is 5.11. The Morgan fingerprint density at radius 2 is 1.96 bits per heavy atom. The zero-order valence-corrected chi connectivity index (χ0v) is 13.6. The van der Waals surface area contributed by atoms with Gasteiger partial charge in [0.05, 0.1) is 23.8 Å². The van der Waals surface area contributed by atoms with Gasteiger partial charge in [-0.25, -0.2) is 0 Å². The molecule has 1 amide bonds. The predicted molar refractivity (Wildman–Crippen MR) is 93.8 cm³/mol. The molecule has 118 valence electrons. The summed E-state index contributed by atoms with van der Waals surface area (Å²) in [5.41, 5.74) is 3.03. The largest absolute Gasteiger partial charge is 0.380 e. The first kappa shape index (κ1) is 14.6. The number of nitrogens with zero attached hydrogens (tertiary/aromatic N) is 1. The molecular weight excluding hydrogens is 308 g/mol. The summed E-state index contributed by atoms with van der Waals surface area (Å²) in [4.78, 5) is 15.1. The third-order valence-electron chi connectivity index (χ3n) is 4.87. The second kappa shape index (κ2) is 5.89. The number of fused-ring (bicyclic) bond motifs is 2. The van der Waals surface area contributed by atoms with Crippen LogP contribution in [0.3, 0.4) is 0 Å². The Hall–Kier alpha value is -2.00. The summed E-state index contributed by atoms with van der Waals surface area (Å²) in [6.45, 7) is 0.581. The first-order valence-corrected chi connectivity index (χ1v) is 8.51. The smallest absolute Gasteiger partial charge is 0.232 e. The van der Waals surface area contributed by atoms with Crippen molar-refractivity contribution < 1.29 is 4.79 Å². The van der Waals surface area contributed by atoms with Gasteiger partial charge in [0.25, 0.3) is 0 Å². The van der Waals surface area contributed by atoms with Crippen molar-refractivity contribution >= 4 is 28.9 Å². The molecule has 3 nitrogen and oxygen atoms in total. The van der Waals surface area contributed by atoms with Gasteiger partial charge in [0.15, 0.2) is 0 Å². The fraction of sp³-hybridized carbons (Fsp3) is 0.316. The van der Waals surface area contributed by atoms with Crippen LogP contribution in [0.25, 0.3) is 0 Å². The van der Waals surface area contributed by atoms with Crippen molar-refractivity contribution in [2.45, 2.75) is 31.8 Å². The van der Waals surface area contributed by atoms with Gasteiger partial charge in [-0.3, -0.25) is 4.79 Å². The number of amides is 1. The SMILES string of the molecule is O=C1[C@H]2CCC[C@H]2Nc2ccc(Cl)cc2N1Cc1ccccc1. The summed E-state index contributed by atoms with van der Waals surface area (Å²) < 4.78 is 0. The van der Waals surface area contributed by atoms with E-state index < -0.39 is 0 Å². The van der Waals surface area contributed by atoms with Crippen LogP contribution in [0.5, 0.6) is 0 Å². The molecule has 4 heteroatoms. The van der Waals surface area contributed by atoms with E-state index in [-0.39, 0.29) is 17.9 Å². The molecule has 1 aliphatic carbocycles. The number of hydrogen-bond donors (Lipinski definition) is 1. The van der Waals surface area contributed by atoms with Crippen molar-refractivity contribution in [2.24, 2.45) is 5.92 Å². The van der Waals surface area contributed by atoms with Crippen molar-refractivity contribution in [1.29, 1.82) is 0 Å². The second-order valence-corrected chi connectivity index (χ2v) is 6.80. The standard InChI is InChI=1S/C19H19ClN2O/c20-14-9-10-17-18(11-14)22(12-13-5-2-1-3-6-13)19(23)15-7-4-8-16(15)21-17/h1-3,5-6,9-11,15-16,21H,4,7-8,12H2/t15-,16+/m0/s1. The molecule has 1 heterocycles. The highest BCUT2D eigenvalue weighted by atomic mass is 35.5.